The van der Waals surface area contributed by atoms with Gasteiger partial charge in [-0.3, -0.25) is 9.59 Å². The van der Waals surface area contributed by atoms with Crippen molar-refractivity contribution in [1.82, 2.24) is 9.80 Å². The SMILES string of the molecule is COc1cccc(C(=O)N2CCN(C(=O)/C=C/c3ccccc3)CC2)c1. The Bertz CT molecular complexity index is 794. The van der Waals surface area contributed by atoms with Gasteiger partial charge in [0.05, 0.1) is 7.11 Å². The molecule has 0 saturated carbocycles. The third-order valence-electron chi connectivity index (χ3n) is 4.41. The Hall–Kier alpha value is -3.08. The van der Waals surface area contributed by atoms with Crippen molar-refractivity contribution >= 4 is 17.9 Å². The smallest absolute Gasteiger partial charge is 0.254 e. The maximum Gasteiger partial charge on any atom is 0.254 e. The molecule has 0 N–H and O–H groups in total. The summed E-state index contributed by atoms with van der Waals surface area (Å²) in [4.78, 5) is 28.5. The standard InChI is InChI=1S/C21H22N2O3/c1-26-19-9-5-8-18(16-19)21(25)23-14-12-22(13-15-23)20(24)11-10-17-6-3-2-4-7-17/h2-11,16H,12-15H2,1H3/b11-10+. The molecule has 5 heteroatoms. The van der Waals surface area contributed by atoms with Gasteiger partial charge in [0.25, 0.3) is 5.91 Å². The van der Waals surface area contributed by atoms with Crippen molar-refractivity contribution in [1.29, 1.82) is 0 Å². The topological polar surface area (TPSA) is 49.9 Å². The third-order valence-corrected chi connectivity index (χ3v) is 4.41. The van der Waals surface area contributed by atoms with Gasteiger partial charge in [-0.2, -0.15) is 0 Å². The first-order valence-electron chi connectivity index (χ1n) is 8.63. The van der Waals surface area contributed by atoms with E-state index in [1.807, 2.05) is 42.5 Å². The van der Waals surface area contributed by atoms with Crippen LogP contribution in [0.1, 0.15) is 15.9 Å². The minimum Gasteiger partial charge on any atom is -0.497 e. The van der Waals surface area contributed by atoms with Crippen LogP contribution in [0.3, 0.4) is 0 Å². The number of carbonyl (C=O) groups is 2. The maximum atomic E-state index is 12.6. The zero-order valence-electron chi connectivity index (χ0n) is 14.8. The lowest BCUT2D eigenvalue weighted by molar-refractivity contribution is -0.127. The van der Waals surface area contributed by atoms with Crippen LogP contribution >= 0.6 is 0 Å². The van der Waals surface area contributed by atoms with Crippen LogP contribution in [0.5, 0.6) is 5.75 Å². The number of methoxy groups -OCH3 is 1. The van der Waals surface area contributed by atoms with Crippen molar-refractivity contribution in [3.63, 3.8) is 0 Å². The molecule has 0 aliphatic carbocycles. The molecule has 2 aromatic rings. The molecule has 26 heavy (non-hydrogen) atoms. The maximum absolute atomic E-state index is 12.6. The van der Waals surface area contributed by atoms with Crippen LogP contribution in [0.25, 0.3) is 6.08 Å². The number of hydrogen-bond acceptors (Lipinski definition) is 3. The Labute approximate surface area is 153 Å². The Morgan fingerprint density at radius 3 is 2.31 bits per heavy atom. The van der Waals surface area contributed by atoms with Crippen LogP contribution < -0.4 is 4.74 Å². The van der Waals surface area contributed by atoms with Crippen LogP contribution in [0, 0.1) is 0 Å². The van der Waals surface area contributed by atoms with Crippen molar-refractivity contribution < 1.29 is 14.3 Å². The van der Waals surface area contributed by atoms with Gasteiger partial charge in [0, 0.05) is 37.8 Å². The number of benzene rings is 2. The highest BCUT2D eigenvalue weighted by molar-refractivity contribution is 5.95. The average molecular weight is 350 g/mol. The first-order chi connectivity index (χ1) is 12.7. The molecule has 1 aliphatic heterocycles. The van der Waals surface area contributed by atoms with Crippen LogP contribution in [-0.2, 0) is 4.79 Å². The number of hydrogen-bond donors (Lipinski definition) is 0. The molecule has 3 rings (SSSR count). The monoisotopic (exact) mass is 350 g/mol. The molecule has 0 bridgehead atoms. The molecule has 1 heterocycles. The highest BCUT2D eigenvalue weighted by atomic mass is 16.5. The van der Waals surface area contributed by atoms with Crippen molar-refractivity contribution in [2.45, 2.75) is 0 Å². The molecule has 1 fully saturated rings. The first-order valence-corrected chi connectivity index (χ1v) is 8.63. The minimum absolute atomic E-state index is 0.0256. The van der Waals surface area contributed by atoms with Gasteiger partial charge in [-0.25, -0.2) is 0 Å². The molecule has 5 nitrogen and oxygen atoms in total. The second-order valence-corrected chi connectivity index (χ2v) is 6.09. The summed E-state index contributed by atoms with van der Waals surface area (Å²) in [5, 5.41) is 0. The van der Waals surface area contributed by atoms with E-state index in [0.29, 0.717) is 37.5 Å². The number of nitrogens with zero attached hydrogens (tertiary/aromatic N) is 2. The Morgan fingerprint density at radius 1 is 0.923 bits per heavy atom. The summed E-state index contributed by atoms with van der Waals surface area (Å²) in [7, 11) is 1.58. The molecule has 0 spiro atoms. The summed E-state index contributed by atoms with van der Waals surface area (Å²) in [6, 6.07) is 16.9. The van der Waals surface area contributed by atoms with E-state index in [0.717, 1.165) is 5.56 Å². The molecule has 0 unspecified atom stereocenters. The second-order valence-electron chi connectivity index (χ2n) is 6.09. The highest BCUT2D eigenvalue weighted by Crippen LogP contribution is 2.15. The van der Waals surface area contributed by atoms with Gasteiger partial charge in [0.1, 0.15) is 5.75 Å². The van der Waals surface area contributed by atoms with Crippen LogP contribution in [0.2, 0.25) is 0 Å². The average Bonchev–Trinajstić information content (AvgIpc) is 2.72. The van der Waals surface area contributed by atoms with Gasteiger partial charge in [-0.05, 0) is 29.8 Å². The predicted molar refractivity (Wildman–Crippen MR) is 101 cm³/mol. The third kappa shape index (κ3) is 4.30. The minimum atomic E-state index is -0.0316. The summed E-state index contributed by atoms with van der Waals surface area (Å²) in [6.45, 7) is 2.13. The summed E-state index contributed by atoms with van der Waals surface area (Å²) in [6.07, 6.45) is 3.41. The van der Waals surface area contributed by atoms with Crippen molar-refractivity contribution in [2.24, 2.45) is 0 Å². The number of amides is 2. The zero-order valence-corrected chi connectivity index (χ0v) is 14.8. The predicted octanol–water partition coefficient (Wildman–Crippen LogP) is 2.69. The van der Waals surface area contributed by atoms with Gasteiger partial charge in [0.2, 0.25) is 5.91 Å². The van der Waals surface area contributed by atoms with Gasteiger partial charge < -0.3 is 14.5 Å². The number of rotatable bonds is 4. The Morgan fingerprint density at radius 2 is 1.62 bits per heavy atom. The molecule has 0 atom stereocenters. The zero-order chi connectivity index (χ0) is 18.4. The van der Waals surface area contributed by atoms with E-state index in [1.165, 1.54) is 0 Å². The summed E-state index contributed by atoms with van der Waals surface area (Å²) >= 11 is 0. The van der Waals surface area contributed by atoms with Gasteiger partial charge in [-0.15, -0.1) is 0 Å². The lowest BCUT2D eigenvalue weighted by atomic mass is 10.1. The molecule has 0 aromatic heterocycles. The Kier molecular flexibility index (Phi) is 5.69. The van der Waals surface area contributed by atoms with Gasteiger partial charge in [0.15, 0.2) is 0 Å². The van der Waals surface area contributed by atoms with Crippen molar-refractivity contribution in [2.75, 3.05) is 33.3 Å². The fourth-order valence-electron chi connectivity index (χ4n) is 2.91. The van der Waals surface area contributed by atoms with E-state index >= 15 is 0 Å². The van der Waals surface area contributed by atoms with Crippen LogP contribution in [0.15, 0.2) is 60.7 Å². The van der Waals surface area contributed by atoms with E-state index in [-0.39, 0.29) is 11.8 Å². The second kappa shape index (κ2) is 8.34. The number of piperazine rings is 1. The van der Waals surface area contributed by atoms with Gasteiger partial charge in [-0.1, -0.05) is 36.4 Å². The molecule has 2 aromatic carbocycles. The van der Waals surface area contributed by atoms with Crippen molar-refractivity contribution in [3.8, 4) is 5.75 Å². The molecule has 1 saturated heterocycles. The summed E-state index contributed by atoms with van der Waals surface area (Å²) in [5.74, 6) is 0.605. The fraction of sp³-hybridized carbons (Fsp3) is 0.238. The Balaban J connectivity index is 1.56. The molecule has 2 amide bonds. The van der Waals surface area contributed by atoms with Crippen LogP contribution in [-0.4, -0.2) is 54.9 Å². The highest BCUT2D eigenvalue weighted by Gasteiger charge is 2.24. The van der Waals surface area contributed by atoms with Crippen molar-refractivity contribution in [3.05, 3.63) is 71.8 Å². The molecular formula is C21H22N2O3. The molecule has 1 aliphatic rings. The van der Waals surface area contributed by atoms with Crippen LogP contribution in [0.4, 0.5) is 0 Å². The number of carbonyl (C=O) groups excluding carboxylic acids is 2. The summed E-state index contributed by atoms with van der Waals surface area (Å²) in [5.41, 5.74) is 1.60. The molecular weight excluding hydrogens is 328 g/mol. The van der Waals surface area contributed by atoms with E-state index in [1.54, 1.807) is 41.2 Å². The van der Waals surface area contributed by atoms with E-state index in [9.17, 15) is 9.59 Å². The lowest BCUT2D eigenvalue weighted by Crippen LogP contribution is -2.50. The quantitative estimate of drug-likeness (QED) is 0.797. The fourth-order valence-corrected chi connectivity index (χ4v) is 2.91. The first kappa shape index (κ1) is 17.7. The lowest BCUT2D eigenvalue weighted by Gasteiger charge is -2.34. The number of ether oxygens (including phenoxy) is 1. The van der Waals surface area contributed by atoms with Gasteiger partial charge >= 0.3 is 0 Å². The molecule has 0 radical (unpaired) electrons. The van der Waals surface area contributed by atoms with E-state index < -0.39 is 0 Å². The largest absolute Gasteiger partial charge is 0.497 e. The summed E-state index contributed by atoms with van der Waals surface area (Å²) < 4.78 is 5.17. The normalized spacial score (nSPS) is 14.5. The van der Waals surface area contributed by atoms with E-state index in [4.69, 9.17) is 4.74 Å². The molecule has 134 valence electrons. The van der Waals surface area contributed by atoms with E-state index in [2.05, 4.69) is 0 Å².